The maximum absolute atomic E-state index is 3.71. The molecule has 14 heavy (non-hydrogen) atoms. The van der Waals surface area contributed by atoms with E-state index >= 15 is 0 Å². The zero-order chi connectivity index (χ0) is 11.8. The highest BCUT2D eigenvalue weighted by atomic mass is 14.0. The zero-order valence-corrected chi connectivity index (χ0v) is 11.4. The average molecular weight is 200 g/mol. The van der Waals surface area contributed by atoms with Crippen LogP contribution in [0.4, 0.5) is 0 Å². The van der Waals surface area contributed by atoms with Crippen LogP contribution in [0.15, 0.2) is 12.7 Å². The van der Waals surface area contributed by atoms with E-state index in [0.717, 1.165) is 5.92 Å². The topological polar surface area (TPSA) is 0 Å². The van der Waals surface area contributed by atoms with E-state index in [-0.39, 0.29) is 0 Å². The van der Waals surface area contributed by atoms with Gasteiger partial charge in [0.15, 0.2) is 0 Å². The molecule has 0 aliphatic rings. The third kappa shape index (κ3) is 29.8. The van der Waals surface area contributed by atoms with Crippen LogP contribution in [-0.4, -0.2) is 0 Å². The third-order valence-electron chi connectivity index (χ3n) is 1.92. The van der Waals surface area contributed by atoms with Crippen molar-refractivity contribution < 1.29 is 0 Å². The summed E-state index contributed by atoms with van der Waals surface area (Å²) in [6.45, 7) is 16.5. The van der Waals surface area contributed by atoms with Gasteiger partial charge in [-0.3, -0.25) is 0 Å². The van der Waals surface area contributed by atoms with Crippen molar-refractivity contribution in [3.63, 3.8) is 0 Å². The molecule has 0 aromatic heterocycles. The lowest BCUT2D eigenvalue weighted by atomic mass is 10.1. The van der Waals surface area contributed by atoms with Gasteiger partial charge in [-0.25, -0.2) is 0 Å². The molecule has 0 bridgehead atoms. The molecular weight excluding hydrogens is 168 g/mol. The van der Waals surface area contributed by atoms with E-state index in [4.69, 9.17) is 0 Å². The van der Waals surface area contributed by atoms with E-state index in [0.29, 0.717) is 0 Å². The fourth-order valence-corrected chi connectivity index (χ4v) is 0.644. The second-order valence-electron chi connectivity index (χ2n) is 3.36. The van der Waals surface area contributed by atoms with Gasteiger partial charge in [0.25, 0.3) is 0 Å². The van der Waals surface area contributed by atoms with Crippen molar-refractivity contribution in [1.82, 2.24) is 0 Å². The van der Waals surface area contributed by atoms with E-state index < -0.39 is 0 Å². The number of hydrogen-bond donors (Lipinski definition) is 0. The molecule has 1 unspecified atom stereocenters. The Balaban J connectivity index is -0.000000170. The maximum atomic E-state index is 3.71. The fourth-order valence-electron chi connectivity index (χ4n) is 0.644. The minimum absolute atomic E-state index is 0.718. The van der Waals surface area contributed by atoms with Crippen molar-refractivity contribution >= 4 is 0 Å². The molecule has 0 spiro atoms. The Morgan fingerprint density at radius 3 is 1.64 bits per heavy atom. The van der Waals surface area contributed by atoms with Gasteiger partial charge in [0.1, 0.15) is 0 Å². The SMILES string of the molecule is C=CC(C)CCCC.CC.CCCC. The van der Waals surface area contributed by atoms with E-state index in [1.807, 2.05) is 19.9 Å². The standard InChI is InChI=1S/C8H16.C4H10.C2H6/c1-4-6-7-8(3)5-2;1-3-4-2;1-2/h5,8H,2,4,6-7H2,1,3H3;3-4H2,1-2H3;1-2H3. The van der Waals surface area contributed by atoms with Gasteiger partial charge in [-0.1, -0.05) is 73.3 Å². The van der Waals surface area contributed by atoms with Gasteiger partial charge in [-0.05, 0) is 12.3 Å². The molecule has 0 rings (SSSR count). The highest BCUT2D eigenvalue weighted by Gasteiger charge is 1.91. The molecule has 1 atom stereocenters. The average Bonchev–Trinajstić information content (AvgIpc) is 2.28. The lowest BCUT2D eigenvalue weighted by molar-refractivity contribution is 0.599. The summed E-state index contributed by atoms with van der Waals surface area (Å²) in [6.07, 6.45) is 8.61. The first-order valence-electron chi connectivity index (χ1n) is 6.35. The monoisotopic (exact) mass is 200 g/mol. The lowest BCUT2D eigenvalue weighted by Gasteiger charge is -2.00. The molecule has 0 amide bonds. The largest absolute Gasteiger partial charge is 0.103 e. The van der Waals surface area contributed by atoms with Gasteiger partial charge in [-0.15, -0.1) is 6.58 Å². The fraction of sp³-hybridized carbons (Fsp3) is 0.857. The molecule has 0 radical (unpaired) electrons. The summed E-state index contributed by atoms with van der Waals surface area (Å²) in [7, 11) is 0. The van der Waals surface area contributed by atoms with Crippen LogP contribution in [0.2, 0.25) is 0 Å². The summed E-state index contributed by atoms with van der Waals surface area (Å²) < 4.78 is 0. The Hall–Kier alpha value is -0.260. The molecule has 0 aromatic rings. The molecule has 0 saturated carbocycles. The van der Waals surface area contributed by atoms with Crippen molar-refractivity contribution in [2.24, 2.45) is 5.92 Å². The Labute approximate surface area is 92.8 Å². The number of rotatable bonds is 5. The van der Waals surface area contributed by atoms with Crippen molar-refractivity contribution in [2.75, 3.05) is 0 Å². The van der Waals surface area contributed by atoms with Crippen molar-refractivity contribution in [2.45, 2.75) is 73.6 Å². The lowest BCUT2D eigenvalue weighted by Crippen LogP contribution is -1.86. The van der Waals surface area contributed by atoms with Crippen LogP contribution in [0.1, 0.15) is 73.6 Å². The minimum atomic E-state index is 0.718. The van der Waals surface area contributed by atoms with Crippen LogP contribution in [0.3, 0.4) is 0 Å². The summed E-state index contributed by atoms with van der Waals surface area (Å²) in [5.41, 5.74) is 0. The van der Waals surface area contributed by atoms with E-state index in [1.54, 1.807) is 0 Å². The highest BCUT2D eigenvalue weighted by molar-refractivity contribution is 4.73. The predicted molar refractivity (Wildman–Crippen MR) is 70.8 cm³/mol. The number of hydrogen-bond acceptors (Lipinski definition) is 0. The Morgan fingerprint density at radius 1 is 1.00 bits per heavy atom. The van der Waals surface area contributed by atoms with Gasteiger partial charge < -0.3 is 0 Å². The van der Waals surface area contributed by atoms with Gasteiger partial charge >= 0.3 is 0 Å². The number of allylic oxidation sites excluding steroid dienone is 1. The highest BCUT2D eigenvalue weighted by Crippen LogP contribution is 2.06. The smallest absolute Gasteiger partial charge is 0.0265 e. The predicted octanol–water partition coefficient (Wildman–Crippen LogP) is 5.83. The Kier molecular flexibility index (Phi) is 31.7. The van der Waals surface area contributed by atoms with Crippen LogP contribution in [0.5, 0.6) is 0 Å². The maximum Gasteiger partial charge on any atom is -0.0265 e. The summed E-state index contributed by atoms with van der Waals surface area (Å²) in [5.74, 6) is 0.718. The normalized spacial score (nSPS) is 10.1. The second-order valence-corrected chi connectivity index (χ2v) is 3.36. The summed E-state index contributed by atoms with van der Waals surface area (Å²) >= 11 is 0. The first kappa shape index (κ1) is 19.3. The molecular formula is C14H32. The molecule has 88 valence electrons. The van der Waals surface area contributed by atoms with Gasteiger partial charge in [0.2, 0.25) is 0 Å². The quantitative estimate of drug-likeness (QED) is 0.490. The van der Waals surface area contributed by atoms with Crippen LogP contribution < -0.4 is 0 Å². The molecule has 0 N–H and O–H groups in total. The van der Waals surface area contributed by atoms with E-state index in [1.165, 1.54) is 32.1 Å². The van der Waals surface area contributed by atoms with E-state index in [9.17, 15) is 0 Å². The molecule has 0 nitrogen and oxygen atoms in total. The molecule has 0 aliphatic carbocycles. The van der Waals surface area contributed by atoms with Crippen LogP contribution in [0, 0.1) is 5.92 Å². The first-order chi connectivity index (χ1) is 6.72. The van der Waals surface area contributed by atoms with Crippen LogP contribution in [0.25, 0.3) is 0 Å². The molecule has 0 aromatic carbocycles. The minimum Gasteiger partial charge on any atom is -0.103 e. The van der Waals surface area contributed by atoms with Gasteiger partial charge in [0, 0.05) is 0 Å². The summed E-state index contributed by atoms with van der Waals surface area (Å²) in [4.78, 5) is 0. The van der Waals surface area contributed by atoms with Crippen LogP contribution >= 0.6 is 0 Å². The van der Waals surface area contributed by atoms with Gasteiger partial charge in [-0.2, -0.15) is 0 Å². The van der Waals surface area contributed by atoms with Gasteiger partial charge in [0.05, 0.1) is 0 Å². The zero-order valence-electron chi connectivity index (χ0n) is 11.4. The molecule has 0 heteroatoms. The van der Waals surface area contributed by atoms with Crippen molar-refractivity contribution in [3.05, 3.63) is 12.7 Å². The Bertz CT molecular complexity index is 72.1. The van der Waals surface area contributed by atoms with E-state index in [2.05, 4.69) is 34.3 Å². The molecule has 0 aliphatic heterocycles. The summed E-state index contributed by atoms with van der Waals surface area (Å²) in [5, 5.41) is 0. The Morgan fingerprint density at radius 2 is 1.43 bits per heavy atom. The first-order valence-corrected chi connectivity index (χ1v) is 6.35. The number of unbranched alkanes of at least 4 members (excludes halogenated alkanes) is 2. The summed E-state index contributed by atoms with van der Waals surface area (Å²) in [6, 6.07) is 0. The van der Waals surface area contributed by atoms with Crippen molar-refractivity contribution in [1.29, 1.82) is 0 Å². The molecule has 0 heterocycles. The second kappa shape index (κ2) is 23.0. The molecule has 0 fully saturated rings. The van der Waals surface area contributed by atoms with Crippen LogP contribution in [-0.2, 0) is 0 Å². The van der Waals surface area contributed by atoms with Crippen molar-refractivity contribution in [3.8, 4) is 0 Å². The molecule has 0 saturated heterocycles. The third-order valence-corrected chi connectivity index (χ3v) is 1.92.